The van der Waals surface area contributed by atoms with Crippen LogP contribution in [0.1, 0.15) is 22.8 Å². The van der Waals surface area contributed by atoms with E-state index in [0.717, 1.165) is 5.56 Å². The Morgan fingerprint density at radius 3 is 2.68 bits per heavy atom. The predicted octanol–water partition coefficient (Wildman–Crippen LogP) is 4.07. The van der Waals surface area contributed by atoms with Crippen LogP contribution in [0.4, 0.5) is 0 Å². The van der Waals surface area contributed by atoms with Crippen molar-refractivity contribution in [1.29, 1.82) is 0 Å². The van der Waals surface area contributed by atoms with E-state index in [1.165, 1.54) is 21.8 Å². The van der Waals surface area contributed by atoms with Crippen LogP contribution in [0.3, 0.4) is 0 Å². The summed E-state index contributed by atoms with van der Waals surface area (Å²) < 4.78 is 24.5. The third-order valence-corrected chi connectivity index (χ3v) is 7.90. The van der Waals surface area contributed by atoms with Crippen LogP contribution in [0.15, 0.2) is 44.8 Å². The summed E-state index contributed by atoms with van der Waals surface area (Å²) in [5, 5.41) is 2.14. The summed E-state index contributed by atoms with van der Waals surface area (Å²) in [5.74, 6) is 0.268. The molecular formula is C14H14O2S3. The lowest BCUT2D eigenvalue weighted by molar-refractivity contribution is 0.588. The molecule has 0 saturated carbocycles. The maximum atomic E-state index is 12.0. The Morgan fingerprint density at radius 2 is 1.95 bits per heavy atom. The molecule has 1 aromatic heterocycles. The summed E-state index contributed by atoms with van der Waals surface area (Å²) in [6, 6.07) is 10.4. The highest BCUT2D eigenvalue weighted by molar-refractivity contribution is 8.00. The highest BCUT2D eigenvalue weighted by Gasteiger charge is 2.31. The van der Waals surface area contributed by atoms with Crippen molar-refractivity contribution in [2.75, 3.05) is 5.75 Å². The summed E-state index contributed by atoms with van der Waals surface area (Å²) >= 11 is 3.11. The number of rotatable bonds is 2. The number of fused-ring (bicyclic) bond motifs is 1. The molecule has 0 fully saturated rings. The Kier molecular flexibility index (Phi) is 3.45. The van der Waals surface area contributed by atoms with E-state index in [2.05, 4.69) is 31.2 Å². The Hall–Kier alpha value is -0.780. The van der Waals surface area contributed by atoms with E-state index in [-0.39, 0.29) is 11.0 Å². The average Bonchev–Trinajstić information content (AvgIpc) is 2.86. The standard InChI is InChI=1S/C14H14O2S3/c1-10-2-4-11(5-3-10)18-13-7-9-19(15,16)14-12(13)6-8-17-14/h2-6,8,13H,7,9H2,1H3. The SMILES string of the molecule is Cc1ccc(SC2CCS(=O)(=O)c3sccc32)cc1. The molecule has 2 nitrogen and oxygen atoms in total. The maximum Gasteiger partial charge on any atom is 0.188 e. The van der Waals surface area contributed by atoms with Gasteiger partial charge in [0.25, 0.3) is 0 Å². The number of aryl methyl sites for hydroxylation is 1. The van der Waals surface area contributed by atoms with Crippen molar-refractivity contribution in [3.63, 3.8) is 0 Å². The zero-order chi connectivity index (χ0) is 13.5. The molecule has 0 saturated heterocycles. The minimum absolute atomic E-state index is 0.257. The van der Waals surface area contributed by atoms with Crippen molar-refractivity contribution in [1.82, 2.24) is 0 Å². The van der Waals surface area contributed by atoms with Crippen LogP contribution >= 0.6 is 23.1 Å². The molecule has 2 heterocycles. The fourth-order valence-electron chi connectivity index (χ4n) is 2.21. The van der Waals surface area contributed by atoms with Gasteiger partial charge in [-0.05, 0) is 42.5 Å². The summed E-state index contributed by atoms with van der Waals surface area (Å²) in [5.41, 5.74) is 2.23. The van der Waals surface area contributed by atoms with Crippen LogP contribution in [-0.4, -0.2) is 14.2 Å². The lowest BCUT2D eigenvalue weighted by Gasteiger charge is -2.22. The van der Waals surface area contributed by atoms with E-state index < -0.39 is 9.84 Å². The van der Waals surface area contributed by atoms with Crippen molar-refractivity contribution in [3.8, 4) is 0 Å². The van der Waals surface area contributed by atoms with Gasteiger partial charge in [-0.1, -0.05) is 17.7 Å². The van der Waals surface area contributed by atoms with Crippen LogP contribution in [0.2, 0.25) is 0 Å². The molecule has 0 radical (unpaired) electrons. The number of thiophene rings is 1. The Morgan fingerprint density at radius 1 is 1.21 bits per heavy atom. The predicted molar refractivity (Wildman–Crippen MR) is 80.8 cm³/mol. The van der Waals surface area contributed by atoms with Crippen LogP contribution < -0.4 is 0 Å². The smallest absolute Gasteiger partial charge is 0.188 e. The second-order valence-electron chi connectivity index (χ2n) is 4.69. The van der Waals surface area contributed by atoms with E-state index in [0.29, 0.717) is 10.6 Å². The van der Waals surface area contributed by atoms with E-state index in [9.17, 15) is 8.42 Å². The Balaban J connectivity index is 1.90. The molecule has 0 N–H and O–H groups in total. The number of sulfone groups is 1. The van der Waals surface area contributed by atoms with Gasteiger partial charge < -0.3 is 0 Å². The molecule has 1 aromatic carbocycles. The molecule has 1 aliphatic heterocycles. The zero-order valence-electron chi connectivity index (χ0n) is 10.5. The van der Waals surface area contributed by atoms with Crippen LogP contribution in [-0.2, 0) is 9.84 Å². The highest BCUT2D eigenvalue weighted by atomic mass is 32.2. The fraction of sp³-hybridized carbons (Fsp3) is 0.286. The van der Waals surface area contributed by atoms with E-state index in [1.54, 1.807) is 11.8 Å². The fourth-order valence-corrected chi connectivity index (χ4v) is 6.68. The maximum absolute atomic E-state index is 12.0. The minimum Gasteiger partial charge on any atom is -0.223 e. The molecule has 0 aliphatic carbocycles. The van der Waals surface area contributed by atoms with Gasteiger partial charge in [-0.2, -0.15) is 0 Å². The molecule has 1 aliphatic rings. The monoisotopic (exact) mass is 310 g/mol. The van der Waals surface area contributed by atoms with Gasteiger partial charge in [0.15, 0.2) is 9.84 Å². The third-order valence-electron chi connectivity index (χ3n) is 3.24. The zero-order valence-corrected chi connectivity index (χ0v) is 12.9. The Bertz CT molecular complexity index is 684. The van der Waals surface area contributed by atoms with Crippen LogP contribution in [0, 0.1) is 6.92 Å². The molecule has 1 atom stereocenters. The molecule has 0 spiro atoms. The lowest BCUT2D eigenvalue weighted by Crippen LogP contribution is -2.16. The summed E-state index contributed by atoms with van der Waals surface area (Å²) in [7, 11) is -3.03. The summed E-state index contributed by atoms with van der Waals surface area (Å²) in [4.78, 5) is 1.20. The summed E-state index contributed by atoms with van der Waals surface area (Å²) in [6.45, 7) is 2.07. The van der Waals surface area contributed by atoms with Gasteiger partial charge in [-0.25, -0.2) is 8.42 Å². The second kappa shape index (κ2) is 4.96. The van der Waals surface area contributed by atoms with Gasteiger partial charge >= 0.3 is 0 Å². The quantitative estimate of drug-likeness (QED) is 0.838. The van der Waals surface area contributed by atoms with Gasteiger partial charge in [0, 0.05) is 10.1 Å². The third kappa shape index (κ3) is 2.59. The van der Waals surface area contributed by atoms with Gasteiger partial charge in [0.1, 0.15) is 4.21 Å². The normalized spacial score (nSPS) is 21.0. The first-order valence-electron chi connectivity index (χ1n) is 6.10. The molecule has 19 heavy (non-hydrogen) atoms. The van der Waals surface area contributed by atoms with Gasteiger partial charge in [-0.15, -0.1) is 23.1 Å². The molecule has 0 bridgehead atoms. The molecule has 100 valence electrons. The van der Waals surface area contributed by atoms with Crippen molar-refractivity contribution in [3.05, 3.63) is 46.8 Å². The number of thioether (sulfide) groups is 1. The van der Waals surface area contributed by atoms with Crippen LogP contribution in [0.5, 0.6) is 0 Å². The second-order valence-corrected chi connectivity index (χ2v) is 9.19. The Labute approximate surface area is 121 Å². The van der Waals surface area contributed by atoms with Crippen molar-refractivity contribution < 1.29 is 8.42 Å². The molecule has 3 rings (SSSR count). The van der Waals surface area contributed by atoms with E-state index in [4.69, 9.17) is 0 Å². The average molecular weight is 310 g/mol. The van der Waals surface area contributed by atoms with E-state index >= 15 is 0 Å². The topological polar surface area (TPSA) is 34.1 Å². The molecular weight excluding hydrogens is 296 g/mol. The van der Waals surface area contributed by atoms with Gasteiger partial charge in [0.2, 0.25) is 0 Å². The number of hydrogen-bond donors (Lipinski definition) is 0. The highest BCUT2D eigenvalue weighted by Crippen LogP contribution is 2.46. The van der Waals surface area contributed by atoms with Crippen molar-refractivity contribution in [2.24, 2.45) is 0 Å². The van der Waals surface area contributed by atoms with E-state index in [1.807, 2.05) is 11.4 Å². The van der Waals surface area contributed by atoms with Gasteiger partial charge in [-0.3, -0.25) is 0 Å². The first-order valence-corrected chi connectivity index (χ1v) is 9.51. The molecule has 2 aromatic rings. The van der Waals surface area contributed by atoms with Crippen molar-refractivity contribution in [2.45, 2.75) is 27.7 Å². The largest absolute Gasteiger partial charge is 0.223 e. The minimum atomic E-state index is -3.03. The number of benzene rings is 1. The lowest BCUT2D eigenvalue weighted by atomic mass is 10.2. The van der Waals surface area contributed by atoms with Crippen molar-refractivity contribution >= 4 is 32.9 Å². The molecule has 5 heteroatoms. The molecule has 1 unspecified atom stereocenters. The first-order chi connectivity index (χ1) is 9.06. The summed E-state index contributed by atoms with van der Waals surface area (Å²) in [6.07, 6.45) is 0.699. The number of hydrogen-bond acceptors (Lipinski definition) is 4. The first kappa shape index (κ1) is 13.2. The molecule has 0 amide bonds. The van der Waals surface area contributed by atoms with Gasteiger partial charge in [0.05, 0.1) is 5.75 Å². The van der Waals surface area contributed by atoms with Crippen LogP contribution in [0.25, 0.3) is 0 Å².